The summed E-state index contributed by atoms with van der Waals surface area (Å²) in [6.45, 7) is 3.70. The van der Waals surface area contributed by atoms with E-state index in [1.54, 1.807) is 24.1 Å². The van der Waals surface area contributed by atoms with Crippen LogP contribution in [-0.4, -0.2) is 51.3 Å². The minimum atomic E-state index is -0.356. The minimum absolute atomic E-state index is 0.0637. The average molecular weight is 334 g/mol. The Kier molecular flexibility index (Phi) is 4.89. The number of amides is 2. The van der Waals surface area contributed by atoms with Gasteiger partial charge in [0.15, 0.2) is 11.5 Å². The molecule has 2 aliphatic heterocycles. The van der Waals surface area contributed by atoms with E-state index in [0.717, 1.165) is 5.69 Å². The third kappa shape index (κ3) is 3.46. The predicted octanol–water partition coefficient (Wildman–Crippen LogP) is 0.962. The van der Waals surface area contributed by atoms with E-state index in [1.165, 1.54) is 0 Å². The summed E-state index contributed by atoms with van der Waals surface area (Å²) >= 11 is 0. The molecule has 3 rings (SSSR count). The number of anilines is 1. The van der Waals surface area contributed by atoms with E-state index in [4.69, 9.17) is 14.2 Å². The first-order valence-corrected chi connectivity index (χ1v) is 8.08. The Bertz CT molecular complexity index is 633. The summed E-state index contributed by atoms with van der Waals surface area (Å²) in [5, 5.41) is 2.88. The number of carbonyl (C=O) groups is 2. The van der Waals surface area contributed by atoms with Crippen LogP contribution in [0.3, 0.4) is 0 Å². The number of ether oxygens (including phenoxy) is 3. The lowest BCUT2D eigenvalue weighted by Gasteiger charge is -2.22. The molecule has 2 aliphatic rings. The van der Waals surface area contributed by atoms with Gasteiger partial charge in [0, 0.05) is 37.9 Å². The first kappa shape index (κ1) is 16.6. The molecule has 0 unspecified atom stereocenters. The SMILES string of the molecule is COC[C@@H](C)NC(=O)[C@H]1CC(=O)N(c2ccc3c(c2)OCCO3)C1. The second-order valence-corrected chi connectivity index (χ2v) is 6.10. The molecule has 130 valence electrons. The number of hydrogen-bond donors (Lipinski definition) is 1. The van der Waals surface area contributed by atoms with Crippen LogP contribution in [0.2, 0.25) is 0 Å². The monoisotopic (exact) mass is 334 g/mol. The highest BCUT2D eigenvalue weighted by molar-refractivity contribution is 6.00. The minimum Gasteiger partial charge on any atom is -0.486 e. The van der Waals surface area contributed by atoms with E-state index in [2.05, 4.69) is 5.32 Å². The van der Waals surface area contributed by atoms with Crippen LogP contribution in [0, 0.1) is 5.92 Å². The summed E-state index contributed by atoms with van der Waals surface area (Å²) in [6.07, 6.45) is 0.208. The molecule has 0 spiro atoms. The molecule has 2 heterocycles. The zero-order valence-corrected chi connectivity index (χ0v) is 13.9. The van der Waals surface area contributed by atoms with Crippen LogP contribution in [0.5, 0.6) is 11.5 Å². The maximum Gasteiger partial charge on any atom is 0.227 e. The van der Waals surface area contributed by atoms with E-state index in [1.807, 2.05) is 13.0 Å². The van der Waals surface area contributed by atoms with Crippen molar-refractivity contribution in [2.24, 2.45) is 5.92 Å². The summed E-state index contributed by atoms with van der Waals surface area (Å²) in [4.78, 5) is 26.2. The Balaban J connectivity index is 1.67. The smallest absolute Gasteiger partial charge is 0.227 e. The molecule has 1 aromatic carbocycles. The van der Waals surface area contributed by atoms with Crippen molar-refractivity contribution in [1.82, 2.24) is 5.32 Å². The van der Waals surface area contributed by atoms with Crippen molar-refractivity contribution in [1.29, 1.82) is 0 Å². The van der Waals surface area contributed by atoms with Gasteiger partial charge >= 0.3 is 0 Å². The Hall–Kier alpha value is -2.28. The van der Waals surface area contributed by atoms with Gasteiger partial charge < -0.3 is 24.4 Å². The van der Waals surface area contributed by atoms with Crippen LogP contribution in [0.4, 0.5) is 5.69 Å². The average Bonchev–Trinajstić information content (AvgIpc) is 2.96. The van der Waals surface area contributed by atoms with Crippen molar-refractivity contribution in [2.75, 3.05) is 38.4 Å². The Morgan fingerprint density at radius 3 is 2.88 bits per heavy atom. The summed E-state index contributed by atoms with van der Waals surface area (Å²) in [7, 11) is 1.59. The van der Waals surface area contributed by atoms with Crippen molar-refractivity contribution in [3.8, 4) is 11.5 Å². The zero-order valence-electron chi connectivity index (χ0n) is 13.9. The van der Waals surface area contributed by atoms with Crippen LogP contribution in [0.15, 0.2) is 18.2 Å². The molecule has 7 nitrogen and oxygen atoms in total. The molecule has 24 heavy (non-hydrogen) atoms. The molecule has 0 aliphatic carbocycles. The fraction of sp³-hybridized carbons (Fsp3) is 0.529. The second kappa shape index (κ2) is 7.09. The molecule has 0 bridgehead atoms. The van der Waals surface area contributed by atoms with Gasteiger partial charge in [-0.15, -0.1) is 0 Å². The topological polar surface area (TPSA) is 77.1 Å². The van der Waals surface area contributed by atoms with Gasteiger partial charge in [-0.05, 0) is 19.1 Å². The van der Waals surface area contributed by atoms with Crippen molar-refractivity contribution in [3.63, 3.8) is 0 Å². The number of carbonyl (C=O) groups excluding carboxylic acids is 2. The van der Waals surface area contributed by atoms with Gasteiger partial charge in [0.25, 0.3) is 0 Å². The van der Waals surface area contributed by atoms with Gasteiger partial charge in [0.05, 0.1) is 12.5 Å². The number of hydrogen-bond acceptors (Lipinski definition) is 5. The van der Waals surface area contributed by atoms with Gasteiger partial charge in [-0.1, -0.05) is 0 Å². The highest BCUT2D eigenvalue weighted by Gasteiger charge is 2.35. The summed E-state index contributed by atoms with van der Waals surface area (Å²) < 4.78 is 16.1. The molecule has 1 aromatic rings. The van der Waals surface area contributed by atoms with Crippen LogP contribution in [0.1, 0.15) is 13.3 Å². The number of nitrogens with one attached hydrogen (secondary N) is 1. The van der Waals surface area contributed by atoms with Gasteiger partial charge in [0.1, 0.15) is 13.2 Å². The fourth-order valence-electron chi connectivity index (χ4n) is 2.99. The van der Waals surface area contributed by atoms with Crippen LogP contribution >= 0.6 is 0 Å². The Morgan fingerprint density at radius 2 is 2.12 bits per heavy atom. The first-order chi connectivity index (χ1) is 11.6. The summed E-state index contributed by atoms with van der Waals surface area (Å²) in [5.41, 5.74) is 0.726. The third-order valence-corrected chi connectivity index (χ3v) is 4.14. The van der Waals surface area contributed by atoms with E-state index < -0.39 is 0 Å². The maximum atomic E-state index is 12.3. The van der Waals surface area contributed by atoms with Crippen molar-refractivity contribution < 1.29 is 23.8 Å². The van der Waals surface area contributed by atoms with Gasteiger partial charge in [-0.3, -0.25) is 9.59 Å². The van der Waals surface area contributed by atoms with Crippen molar-refractivity contribution >= 4 is 17.5 Å². The highest BCUT2D eigenvalue weighted by Crippen LogP contribution is 2.35. The van der Waals surface area contributed by atoms with Gasteiger partial charge in [-0.2, -0.15) is 0 Å². The molecular weight excluding hydrogens is 312 g/mol. The number of nitrogens with zero attached hydrogens (tertiary/aromatic N) is 1. The maximum absolute atomic E-state index is 12.3. The number of methoxy groups -OCH3 is 1. The van der Waals surface area contributed by atoms with E-state index >= 15 is 0 Å². The summed E-state index contributed by atoms with van der Waals surface area (Å²) in [5.74, 6) is 0.775. The number of rotatable bonds is 5. The molecule has 0 saturated carbocycles. The van der Waals surface area contributed by atoms with Crippen LogP contribution in [0.25, 0.3) is 0 Å². The van der Waals surface area contributed by atoms with E-state index in [-0.39, 0.29) is 30.2 Å². The van der Waals surface area contributed by atoms with Crippen molar-refractivity contribution in [3.05, 3.63) is 18.2 Å². The fourth-order valence-corrected chi connectivity index (χ4v) is 2.99. The molecule has 2 atom stereocenters. The second-order valence-electron chi connectivity index (χ2n) is 6.10. The molecular formula is C17H22N2O5. The normalized spacial score (nSPS) is 20.8. The largest absolute Gasteiger partial charge is 0.486 e. The number of benzene rings is 1. The van der Waals surface area contributed by atoms with E-state index in [9.17, 15) is 9.59 Å². The molecule has 2 amide bonds. The molecule has 0 radical (unpaired) electrons. The molecule has 7 heteroatoms. The van der Waals surface area contributed by atoms with Crippen LogP contribution in [-0.2, 0) is 14.3 Å². The molecule has 1 N–H and O–H groups in total. The first-order valence-electron chi connectivity index (χ1n) is 8.08. The quantitative estimate of drug-likeness (QED) is 0.868. The Morgan fingerprint density at radius 1 is 1.38 bits per heavy atom. The Labute approximate surface area is 140 Å². The van der Waals surface area contributed by atoms with Crippen LogP contribution < -0.4 is 19.7 Å². The standard InChI is InChI=1S/C17H22N2O5/c1-11(10-22-2)18-17(21)12-7-16(20)19(9-12)13-3-4-14-15(8-13)24-6-5-23-14/h3-4,8,11-12H,5-7,9-10H2,1-2H3,(H,18,21)/t11-,12+/m1/s1. The molecule has 1 fully saturated rings. The summed E-state index contributed by atoms with van der Waals surface area (Å²) in [6, 6.07) is 5.32. The van der Waals surface area contributed by atoms with Crippen molar-refractivity contribution in [2.45, 2.75) is 19.4 Å². The van der Waals surface area contributed by atoms with Gasteiger partial charge in [0.2, 0.25) is 11.8 Å². The lowest BCUT2D eigenvalue weighted by atomic mass is 10.1. The van der Waals surface area contributed by atoms with Gasteiger partial charge in [-0.25, -0.2) is 0 Å². The van der Waals surface area contributed by atoms with E-state index in [0.29, 0.717) is 37.9 Å². The lowest BCUT2D eigenvalue weighted by Crippen LogP contribution is -2.40. The molecule has 1 saturated heterocycles. The predicted molar refractivity (Wildman–Crippen MR) is 87.4 cm³/mol. The zero-order chi connectivity index (χ0) is 17.1. The third-order valence-electron chi connectivity index (χ3n) is 4.14. The molecule has 0 aromatic heterocycles. The highest BCUT2D eigenvalue weighted by atomic mass is 16.6. The number of fused-ring (bicyclic) bond motifs is 1. The lowest BCUT2D eigenvalue weighted by molar-refractivity contribution is -0.127.